The molecule has 7 aromatic rings. The molecule has 1 aliphatic carbocycles. The van der Waals surface area contributed by atoms with Gasteiger partial charge >= 0.3 is 0 Å². The molecule has 2 heteroatoms. The van der Waals surface area contributed by atoms with Gasteiger partial charge in [0, 0.05) is 22.4 Å². The van der Waals surface area contributed by atoms with Crippen LogP contribution in [0, 0.1) is 12.8 Å². The van der Waals surface area contributed by atoms with Crippen molar-refractivity contribution in [2.45, 2.75) is 50.3 Å². The Morgan fingerprint density at radius 1 is 0.776 bits per heavy atom. The molecule has 0 saturated carbocycles. The van der Waals surface area contributed by atoms with E-state index in [1.807, 2.05) is 12.3 Å². The number of aromatic nitrogens is 1. The van der Waals surface area contributed by atoms with Gasteiger partial charge in [0.2, 0.25) is 0 Å². The summed E-state index contributed by atoms with van der Waals surface area (Å²) in [6, 6.07) is 40.1. The quantitative estimate of drug-likeness (QED) is 0.0817. The largest absolute Gasteiger partial charge is 0.256 e. The summed E-state index contributed by atoms with van der Waals surface area (Å²) in [6.07, 6.45) is 15.7. The van der Waals surface area contributed by atoms with Gasteiger partial charge in [-0.2, -0.15) is 0 Å². The molecule has 240 valence electrons. The van der Waals surface area contributed by atoms with Crippen molar-refractivity contribution in [3.05, 3.63) is 168 Å². The van der Waals surface area contributed by atoms with E-state index in [0.29, 0.717) is 17.8 Å². The summed E-state index contributed by atoms with van der Waals surface area (Å²) in [5.41, 5.74) is 8.66. The summed E-state index contributed by atoms with van der Waals surface area (Å²) in [4.78, 5) is 5.72. The summed E-state index contributed by atoms with van der Waals surface area (Å²) in [6.45, 7) is 6.62. The summed E-state index contributed by atoms with van der Waals surface area (Å²) < 4.78 is 0. The lowest BCUT2D eigenvalue weighted by atomic mass is 9.71. The van der Waals surface area contributed by atoms with E-state index in [2.05, 4.69) is 159 Å². The van der Waals surface area contributed by atoms with Gasteiger partial charge in [-0.3, -0.25) is 4.98 Å². The molecule has 0 saturated heterocycles. The molecule has 6 aromatic carbocycles. The molecule has 0 N–H and O–H groups in total. The average molecular weight is 652 g/mol. The lowest BCUT2D eigenvalue weighted by Gasteiger charge is -2.34. The van der Waals surface area contributed by atoms with Crippen LogP contribution < -0.4 is 0 Å². The molecule has 0 bridgehead atoms. The fraction of sp³-hybridized carbons (Fsp3) is 0.170. The highest BCUT2D eigenvalue weighted by atomic mass is 32.1. The predicted octanol–water partition coefficient (Wildman–Crippen LogP) is 13.3. The Morgan fingerprint density at radius 2 is 1.49 bits per heavy atom. The van der Waals surface area contributed by atoms with Gasteiger partial charge in [0.05, 0.1) is 5.52 Å². The van der Waals surface area contributed by atoms with E-state index in [1.54, 1.807) is 0 Å². The molecule has 8 rings (SSSR count). The minimum absolute atomic E-state index is 0.308. The summed E-state index contributed by atoms with van der Waals surface area (Å²) >= 11 is 5.09. The molecule has 49 heavy (non-hydrogen) atoms. The molecule has 3 unspecified atom stereocenters. The van der Waals surface area contributed by atoms with Crippen molar-refractivity contribution in [2.75, 3.05) is 0 Å². The number of pyridine rings is 1. The van der Waals surface area contributed by atoms with Crippen LogP contribution >= 0.6 is 12.6 Å². The molecule has 1 heterocycles. The SMILES string of the molecule is C/C=C(\C=C/c1ccc2cccnc2c1C)c1ccc(S)c(C2CC(c3cccc4c5ccccc5c5ccccc5c34)C=CC2CC)c1. The Bertz CT molecular complexity index is 2420. The molecule has 3 atom stereocenters. The standard InChI is InChI=1S/C47H41NS/c1-4-31(19-21-33-22-23-34-12-11-27-48-47(34)30(33)3)35-25-26-45(49)44(28-35)43-29-36(24-20-32(43)5-2)37-17-10-18-42-40-14-7-6-13-38(40)39-15-8-9-16-41(39)46(37)42/h4,6-28,32,36,43,49H,5,29H2,1-3H3/b21-19-,31-4+. The number of benzene rings is 6. The summed E-state index contributed by atoms with van der Waals surface area (Å²) in [5, 5.41) is 9.22. The third kappa shape index (κ3) is 5.59. The van der Waals surface area contributed by atoms with E-state index in [1.165, 1.54) is 71.1 Å². The first-order valence-electron chi connectivity index (χ1n) is 17.6. The minimum Gasteiger partial charge on any atom is -0.256 e. The van der Waals surface area contributed by atoms with Crippen molar-refractivity contribution in [3.63, 3.8) is 0 Å². The molecule has 1 aliphatic rings. The van der Waals surface area contributed by atoms with Gasteiger partial charge in [-0.15, -0.1) is 12.6 Å². The van der Waals surface area contributed by atoms with Gasteiger partial charge in [0.15, 0.2) is 0 Å². The van der Waals surface area contributed by atoms with Gasteiger partial charge in [-0.25, -0.2) is 0 Å². The molecule has 0 fully saturated rings. The van der Waals surface area contributed by atoms with E-state index in [9.17, 15) is 0 Å². The predicted molar refractivity (Wildman–Crippen MR) is 215 cm³/mol. The summed E-state index contributed by atoms with van der Waals surface area (Å²) in [7, 11) is 0. The van der Waals surface area contributed by atoms with Crippen LogP contribution in [0.1, 0.15) is 66.3 Å². The van der Waals surface area contributed by atoms with Crippen LogP contribution in [-0.2, 0) is 0 Å². The molecule has 1 nitrogen and oxygen atoms in total. The highest BCUT2D eigenvalue weighted by molar-refractivity contribution is 7.80. The summed E-state index contributed by atoms with van der Waals surface area (Å²) in [5.74, 6) is 1.13. The Balaban J connectivity index is 1.18. The van der Waals surface area contributed by atoms with Crippen molar-refractivity contribution in [1.29, 1.82) is 0 Å². The minimum atomic E-state index is 0.308. The van der Waals surface area contributed by atoms with Crippen LogP contribution in [0.15, 0.2) is 145 Å². The third-order valence-corrected chi connectivity index (χ3v) is 11.3. The van der Waals surface area contributed by atoms with Crippen LogP contribution in [0.25, 0.3) is 54.9 Å². The van der Waals surface area contributed by atoms with Gasteiger partial charge in [-0.05, 0) is 122 Å². The van der Waals surface area contributed by atoms with E-state index < -0.39 is 0 Å². The highest BCUT2D eigenvalue weighted by Gasteiger charge is 2.30. The molecular formula is C47H41NS. The van der Waals surface area contributed by atoms with E-state index in [-0.39, 0.29) is 0 Å². The zero-order chi connectivity index (χ0) is 33.5. The number of hydrogen-bond acceptors (Lipinski definition) is 2. The van der Waals surface area contributed by atoms with E-state index >= 15 is 0 Å². The maximum absolute atomic E-state index is 5.09. The van der Waals surface area contributed by atoms with Crippen LogP contribution in [0.2, 0.25) is 0 Å². The van der Waals surface area contributed by atoms with Gasteiger partial charge in [0.1, 0.15) is 0 Å². The van der Waals surface area contributed by atoms with Crippen molar-refractivity contribution in [3.8, 4) is 0 Å². The molecule has 0 spiro atoms. The number of aryl methyl sites for hydroxylation is 1. The van der Waals surface area contributed by atoms with Crippen LogP contribution in [-0.4, -0.2) is 4.98 Å². The Kier molecular flexibility index (Phi) is 8.43. The number of rotatable bonds is 6. The molecule has 0 radical (unpaired) electrons. The van der Waals surface area contributed by atoms with Crippen molar-refractivity contribution in [1.82, 2.24) is 4.98 Å². The second-order valence-electron chi connectivity index (χ2n) is 13.5. The third-order valence-electron chi connectivity index (χ3n) is 10.9. The normalized spacial score (nSPS) is 18.4. The zero-order valence-corrected chi connectivity index (χ0v) is 29.3. The lowest BCUT2D eigenvalue weighted by Crippen LogP contribution is -2.19. The van der Waals surface area contributed by atoms with Crippen LogP contribution in [0.5, 0.6) is 0 Å². The Hall–Kier alpha value is -4.92. The molecular weight excluding hydrogens is 611 g/mol. The number of thiol groups is 1. The maximum atomic E-state index is 5.09. The topological polar surface area (TPSA) is 12.9 Å². The van der Waals surface area contributed by atoms with E-state index in [0.717, 1.165) is 23.3 Å². The average Bonchev–Trinajstić information content (AvgIpc) is 3.16. The van der Waals surface area contributed by atoms with Crippen LogP contribution in [0.4, 0.5) is 0 Å². The molecule has 0 aliphatic heterocycles. The van der Waals surface area contributed by atoms with Crippen molar-refractivity contribution < 1.29 is 0 Å². The van der Waals surface area contributed by atoms with Crippen molar-refractivity contribution in [2.24, 2.45) is 5.92 Å². The van der Waals surface area contributed by atoms with Gasteiger partial charge < -0.3 is 0 Å². The highest BCUT2D eigenvalue weighted by Crippen LogP contribution is 2.47. The first-order chi connectivity index (χ1) is 24.1. The smallest absolute Gasteiger partial charge is 0.0737 e. The monoisotopic (exact) mass is 651 g/mol. The first kappa shape index (κ1) is 31.4. The first-order valence-corrected chi connectivity index (χ1v) is 18.0. The lowest BCUT2D eigenvalue weighted by molar-refractivity contribution is 0.422. The second-order valence-corrected chi connectivity index (χ2v) is 14.0. The van der Waals surface area contributed by atoms with Crippen molar-refractivity contribution >= 4 is 67.5 Å². The fourth-order valence-corrected chi connectivity index (χ4v) is 8.60. The Labute approximate surface area is 295 Å². The second kappa shape index (κ2) is 13.2. The molecule has 1 aromatic heterocycles. The zero-order valence-electron chi connectivity index (χ0n) is 28.4. The number of fused-ring (bicyclic) bond motifs is 7. The maximum Gasteiger partial charge on any atom is 0.0737 e. The number of hydrogen-bond donors (Lipinski definition) is 1. The number of allylic oxidation sites excluding steroid dienone is 5. The Morgan fingerprint density at radius 3 is 2.22 bits per heavy atom. The molecule has 0 amide bonds. The fourth-order valence-electron chi connectivity index (χ4n) is 8.30. The van der Waals surface area contributed by atoms with Crippen LogP contribution in [0.3, 0.4) is 0 Å². The number of nitrogens with zero attached hydrogens (tertiary/aromatic N) is 1. The van der Waals surface area contributed by atoms with E-state index in [4.69, 9.17) is 12.6 Å². The van der Waals surface area contributed by atoms with Gasteiger partial charge in [-0.1, -0.05) is 128 Å². The van der Waals surface area contributed by atoms with Gasteiger partial charge in [0.25, 0.3) is 0 Å².